The van der Waals surface area contributed by atoms with Gasteiger partial charge in [0.2, 0.25) is 5.91 Å². The quantitative estimate of drug-likeness (QED) is 0.901. The van der Waals surface area contributed by atoms with E-state index in [1.807, 2.05) is 4.90 Å². The summed E-state index contributed by atoms with van der Waals surface area (Å²) in [6.45, 7) is 3.78. The smallest absolute Gasteiger partial charge is 0.225 e. The van der Waals surface area contributed by atoms with E-state index in [-0.39, 0.29) is 5.92 Å². The second kappa shape index (κ2) is 5.97. The minimum absolute atomic E-state index is 0.287. The van der Waals surface area contributed by atoms with Crippen molar-refractivity contribution in [2.45, 2.75) is 25.4 Å². The van der Waals surface area contributed by atoms with Crippen LogP contribution in [0.3, 0.4) is 0 Å². The van der Waals surface area contributed by atoms with Crippen molar-refractivity contribution in [3.63, 3.8) is 0 Å². The minimum atomic E-state index is -0.584. The Morgan fingerprint density at radius 1 is 1.35 bits per heavy atom. The number of aliphatic hydroxyl groups excluding tert-OH is 1. The fraction of sp³-hybridized carbons (Fsp3) is 0.667. The molecule has 0 bridgehead atoms. The van der Waals surface area contributed by atoms with Gasteiger partial charge in [-0.05, 0) is 25.0 Å². The number of rotatable bonds is 4. The number of β-amino-alcohol motifs (C(OH)–C–C–N with tert-alkyl or cyclic N) is 1. The molecule has 110 valence electrons. The highest BCUT2D eigenvalue weighted by Gasteiger charge is 2.31. The molecule has 1 amide bonds. The fourth-order valence-electron chi connectivity index (χ4n) is 2.88. The van der Waals surface area contributed by atoms with Crippen molar-refractivity contribution < 1.29 is 14.3 Å². The lowest BCUT2D eigenvalue weighted by Crippen LogP contribution is -2.51. The summed E-state index contributed by atoms with van der Waals surface area (Å²) in [4.78, 5) is 16.3. The van der Waals surface area contributed by atoms with E-state index in [1.165, 1.54) is 6.42 Å². The van der Waals surface area contributed by atoms with Crippen molar-refractivity contribution in [2.75, 3.05) is 32.7 Å². The molecule has 1 aliphatic carbocycles. The summed E-state index contributed by atoms with van der Waals surface area (Å²) in [5.74, 6) is 1.23. The molecule has 0 unspecified atom stereocenters. The van der Waals surface area contributed by atoms with E-state index in [0.717, 1.165) is 39.0 Å². The minimum Gasteiger partial charge on any atom is -0.467 e. The molecule has 2 fully saturated rings. The Balaban J connectivity index is 1.45. The first-order chi connectivity index (χ1) is 9.74. The van der Waals surface area contributed by atoms with Crippen LogP contribution in [0.15, 0.2) is 22.8 Å². The monoisotopic (exact) mass is 278 g/mol. The van der Waals surface area contributed by atoms with Crippen LogP contribution in [0.5, 0.6) is 0 Å². The van der Waals surface area contributed by atoms with Crippen molar-refractivity contribution in [1.82, 2.24) is 9.80 Å². The SMILES string of the molecule is O=C(C1CCC1)N1CCN(C[C@H](O)c2ccco2)CC1. The number of hydrogen-bond acceptors (Lipinski definition) is 4. The van der Waals surface area contributed by atoms with Crippen LogP contribution in [0.4, 0.5) is 0 Å². The summed E-state index contributed by atoms with van der Waals surface area (Å²) >= 11 is 0. The van der Waals surface area contributed by atoms with Crippen LogP contribution in [0.1, 0.15) is 31.1 Å². The Bertz CT molecular complexity index is 434. The van der Waals surface area contributed by atoms with Gasteiger partial charge in [0.15, 0.2) is 0 Å². The van der Waals surface area contributed by atoms with E-state index in [0.29, 0.717) is 18.2 Å². The molecule has 2 heterocycles. The maximum atomic E-state index is 12.1. The van der Waals surface area contributed by atoms with Crippen molar-refractivity contribution in [2.24, 2.45) is 5.92 Å². The van der Waals surface area contributed by atoms with Gasteiger partial charge in [0.05, 0.1) is 6.26 Å². The lowest BCUT2D eigenvalue weighted by molar-refractivity contribution is -0.140. The van der Waals surface area contributed by atoms with Gasteiger partial charge in [-0.2, -0.15) is 0 Å². The average Bonchev–Trinajstić information content (AvgIpc) is 2.91. The number of carbonyl (C=O) groups is 1. The number of piperazine rings is 1. The summed E-state index contributed by atoms with van der Waals surface area (Å²) in [6.07, 6.45) is 4.32. The third kappa shape index (κ3) is 2.88. The van der Waals surface area contributed by atoms with Crippen molar-refractivity contribution in [3.05, 3.63) is 24.2 Å². The molecule has 5 heteroatoms. The van der Waals surface area contributed by atoms with E-state index in [2.05, 4.69) is 4.90 Å². The summed E-state index contributed by atoms with van der Waals surface area (Å²) in [7, 11) is 0. The summed E-state index contributed by atoms with van der Waals surface area (Å²) in [5.41, 5.74) is 0. The number of aliphatic hydroxyl groups is 1. The van der Waals surface area contributed by atoms with Crippen LogP contribution in [-0.2, 0) is 4.79 Å². The maximum Gasteiger partial charge on any atom is 0.225 e. The molecule has 5 nitrogen and oxygen atoms in total. The molecule has 3 rings (SSSR count). The van der Waals surface area contributed by atoms with Gasteiger partial charge in [0.1, 0.15) is 11.9 Å². The van der Waals surface area contributed by atoms with Crippen LogP contribution in [0, 0.1) is 5.92 Å². The van der Waals surface area contributed by atoms with Gasteiger partial charge < -0.3 is 14.4 Å². The molecule has 1 aliphatic heterocycles. The van der Waals surface area contributed by atoms with Crippen molar-refractivity contribution in [1.29, 1.82) is 0 Å². The van der Waals surface area contributed by atoms with E-state index < -0.39 is 6.10 Å². The number of amides is 1. The van der Waals surface area contributed by atoms with Crippen LogP contribution >= 0.6 is 0 Å². The molecule has 1 saturated heterocycles. The standard InChI is InChI=1S/C15H22N2O3/c18-13(14-5-2-10-20-14)11-16-6-8-17(9-7-16)15(19)12-3-1-4-12/h2,5,10,12-13,18H,1,3-4,6-9,11H2/t13-/m0/s1. The largest absolute Gasteiger partial charge is 0.467 e. The van der Waals surface area contributed by atoms with Gasteiger partial charge in [-0.1, -0.05) is 6.42 Å². The average molecular weight is 278 g/mol. The molecule has 1 aromatic heterocycles. The summed E-state index contributed by atoms with van der Waals surface area (Å²) in [6, 6.07) is 3.58. The molecule has 2 aliphatic rings. The van der Waals surface area contributed by atoms with E-state index in [1.54, 1.807) is 18.4 Å². The van der Waals surface area contributed by atoms with Gasteiger partial charge in [-0.25, -0.2) is 0 Å². The number of furan rings is 1. The Morgan fingerprint density at radius 2 is 2.10 bits per heavy atom. The first-order valence-corrected chi connectivity index (χ1v) is 7.46. The highest BCUT2D eigenvalue weighted by Crippen LogP contribution is 2.28. The molecular weight excluding hydrogens is 256 g/mol. The lowest BCUT2D eigenvalue weighted by Gasteiger charge is -2.38. The van der Waals surface area contributed by atoms with Crippen molar-refractivity contribution >= 4 is 5.91 Å². The zero-order chi connectivity index (χ0) is 13.9. The first kappa shape index (κ1) is 13.6. The van der Waals surface area contributed by atoms with Gasteiger partial charge in [-0.3, -0.25) is 9.69 Å². The molecule has 1 N–H and O–H groups in total. The Hall–Kier alpha value is -1.33. The normalized spacial score (nSPS) is 22.6. The topological polar surface area (TPSA) is 56.9 Å². The number of hydrogen-bond donors (Lipinski definition) is 1. The second-order valence-electron chi connectivity index (χ2n) is 5.78. The molecule has 20 heavy (non-hydrogen) atoms. The lowest BCUT2D eigenvalue weighted by atomic mass is 9.84. The van der Waals surface area contributed by atoms with E-state index in [4.69, 9.17) is 4.42 Å². The van der Waals surface area contributed by atoms with Crippen molar-refractivity contribution in [3.8, 4) is 0 Å². The highest BCUT2D eigenvalue weighted by molar-refractivity contribution is 5.79. The first-order valence-electron chi connectivity index (χ1n) is 7.46. The molecular formula is C15H22N2O3. The fourth-order valence-corrected chi connectivity index (χ4v) is 2.88. The van der Waals surface area contributed by atoms with E-state index >= 15 is 0 Å². The van der Waals surface area contributed by atoms with Gasteiger partial charge in [0, 0.05) is 38.6 Å². The van der Waals surface area contributed by atoms with Crippen LogP contribution in [0.2, 0.25) is 0 Å². The second-order valence-corrected chi connectivity index (χ2v) is 5.78. The summed E-state index contributed by atoms with van der Waals surface area (Å²) in [5, 5.41) is 10.1. The predicted octanol–water partition coefficient (Wildman–Crippen LogP) is 1.26. The molecule has 1 saturated carbocycles. The zero-order valence-corrected chi connectivity index (χ0v) is 11.7. The molecule has 0 aromatic carbocycles. The Labute approximate surface area is 119 Å². The van der Waals surface area contributed by atoms with Crippen LogP contribution in [-0.4, -0.2) is 53.5 Å². The number of carbonyl (C=O) groups excluding carboxylic acids is 1. The third-order valence-corrected chi connectivity index (χ3v) is 4.44. The predicted molar refractivity (Wildman–Crippen MR) is 74.0 cm³/mol. The maximum absolute atomic E-state index is 12.1. The van der Waals surface area contributed by atoms with Crippen LogP contribution in [0.25, 0.3) is 0 Å². The van der Waals surface area contributed by atoms with Gasteiger partial charge >= 0.3 is 0 Å². The highest BCUT2D eigenvalue weighted by atomic mass is 16.4. The molecule has 1 aromatic rings. The van der Waals surface area contributed by atoms with Crippen LogP contribution < -0.4 is 0 Å². The zero-order valence-electron chi connectivity index (χ0n) is 11.7. The van der Waals surface area contributed by atoms with Gasteiger partial charge in [0.25, 0.3) is 0 Å². The molecule has 1 atom stereocenters. The van der Waals surface area contributed by atoms with E-state index in [9.17, 15) is 9.90 Å². The number of nitrogens with zero attached hydrogens (tertiary/aromatic N) is 2. The van der Waals surface area contributed by atoms with Gasteiger partial charge in [-0.15, -0.1) is 0 Å². The summed E-state index contributed by atoms with van der Waals surface area (Å²) < 4.78 is 5.21. The molecule has 0 radical (unpaired) electrons. The Morgan fingerprint density at radius 3 is 2.65 bits per heavy atom. The Kier molecular flexibility index (Phi) is 4.08. The molecule has 0 spiro atoms. The third-order valence-electron chi connectivity index (χ3n) is 4.44.